The van der Waals surface area contributed by atoms with E-state index in [0.717, 1.165) is 39.6 Å². The maximum Gasteiger partial charge on any atom is 0.255 e. The number of thiazole rings is 2. The molecule has 0 unspecified atom stereocenters. The molecular weight excluding hydrogens is 544 g/mol. The Hall–Kier alpha value is -3.38. The smallest absolute Gasteiger partial charge is 0.255 e. The highest BCUT2D eigenvalue weighted by molar-refractivity contribution is 7.16. The van der Waals surface area contributed by atoms with E-state index in [-0.39, 0.29) is 5.91 Å². The largest absolute Gasteiger partial charge is 0.491 e. The van der Waals surface area contributed by atoms with E-state index in [9.17, 15) is 4.79 Å². The zero-order chi connectivity index (χ0) is 28.5. The van der Waals surface area contributed by atoms with Crippen LogP contribution in [0.4, 0.5) is 10.9 Å². The first-order valence-electron chi connectivity index (χ1n) is 13.2. The minimum Gasteiger partial charge on any atom is -0.491 e. The molecule has 3 N–H and O–H groups in total. The van der Waals surface area contributed by atoms with Gasteiger partial charge in [0, 0.05) is 54.0 Å². The minimum atomic E-state index is -0.206. The minimum absolute atomic E-state index is 0.206. The Kier molecular flexibility index (Phi) is 10.6. The van der Waals surface area contributed by atoms with Gasteiger partial charge in [0.2, 0.25) is 0 Å². The Morgan fingerprint density at radius 1 is 1.10 bits per heavy atom. The quantitative estimate of drug-likeness (QED) is 0.167. The maximum atomic E-state index is 13.2. The zero-order valence-electron chi connectivity index (χ0n) is 23.5. The Labute approximate surface area is 243 Å². The third-order valence-electron chi connectivity index (χ3n) is 5.98. The number of likely N-dealkylation sites (N-methyl/N-ethyl adjacent to an activating group) is 1. The molecule has 0 aliphatic carbocycles. The summed E-state index contributed by atoms with van der Waals surface area (Å²) in [5, 5.41) is 12.7. The van der Waals surface area contributed by atoms with Crippen LogP contribution in [0.2, 0.25) is 0 Å². The van der Waals surface area contributed by atoms with Gasteiger partial charge in [0.25, 0.3) is 5.91 Å². The first-order chi connectivity index (χ1) is 19.4. The van der Waals surface area contributed by atoms with Crippen molar-refractivity contribution in [1.82, 2.24) is 25.6 Å². The van der Waals surface area contributed by atoms with Gasteiger partial charge in [-0.15, -0.1) is 22.7 Å². The van der Waals surface area contributed by atoms with E-state index >= 15 is 0 Å². The van der Waals surface area contributed by atoms with Crippen molar-refractivity contribution in [2.75, 3.05) is 45.8 Å². The highest BCUT2D eigenvalue weighted by Crippen LogP contribution is 2.36. The molecule has 4 aromatic rings. The number of aromatic nitrogens is 3. The van der Waals surface area contributed by atoms with Crippen molar-refractivity contribution in [3.63, 3.8) is 0 Å². The van der Waals surface area contributed by atoms with Crippen LogP contribution in [0.25, 0.3) is 21.8 Å². The zero-order valence-corrected chi connectivity index (χ0v) is 25.2. The van der Waals surface area contributed by atoms with E-state index in [1.54, 1.807) is 30.8 Å². The molecule has 0 bridgehead atoms. The van der Waals surface area contributed by atoms with Crippen molar-refractivity contribution < 1.29 is 14.3 Å². The van der Waals surface area contributed by atoms with E-state index in [0.29, 0.717) is 48.7 Å². The Bertz CT molecular complexity index is 1410. The molecule has 0 aliphatic rings. The van der Waals surface area contributed by atoms with Gasteiger partial charge in [-0.2, -0.15) is 0 Å². The molecule has 0 radical (unpaired) electrons. The second kappa shape index (κ2) is 14.3. The maximum absolute atomic E-state index is 13.2. The summed E-state index contributed by atoms with van der Waals surface area (Å²) < 4.78 is 10.9. The molecule has 0 spiro atoms. The van der Waals surface area contributed by atoms with Crippen LogP contribution >= 0.6 is 22.7 Å². The predicted octanol–water partition coefficient (Wildman–Crippen LogP) is 5.55. The monoisotopic (exact) mass is 580 g/mol. The molecule has 0 atom stereocenters. The van der Waals surface area contributed by atoms with Gasteiger partial charge in [-0.25, -0.2) is 15.0 Å². The van der Waals surface area contributed by atoms with Crippen LogP contribution in [0.15, 0.2) is 42.0 Å². The van der Waals surface area contributed by atoms with E-state index in [4.69, 9.17) is 14.5 Å². The lowest BCUT2D eigenvalue weighted by atomic mass is 10.0. The molecule has 1 amide bonds. The molecule has 0 saturated heterocycles. The number of anilines is 2. The fraction of sp³-hybridized carbons (Fsp3) is 0.379. The van der Waals surface area contributed by atoms with E-state index < -0.39 is 0 Å². The summed E-state index contributed by atoms with van der Waals surface area (Å²) in [6.45, 7) is 8.63. The van der Waals surface area contributed by atoms with E-state index in [1.807, 2.05) is 37.6 Å². The van der Waals surface area contributed by atoms with Gasteiger partial charge in [-0.3, -0.25) is 4.79 Å². The van der Waals surface area contributed by atoms with Crippen LogP contribution in [0.3, 0.4) is 0 Å². The lowest BCUT2D eigenvalue weighted by Crippen LogP contribution is -2.31. The molecule has 0 aliphatic heterocycles. The summed E-state index contributed by atoms with van der Waals surface area (Å²) in [4.78, 5) is 28.3. The molecular formula is C29H36N6O3S2. The Balaban J connectivity index is 1.66. The summed E-state index contributed by atoms with van der Waals surface area (Å²) in [7, 11) is 3.51. The summed E-state index contributed by atoms with van der Waals surface area (Å²) >= 11 is 3.09. The summed E-state index contributed by atoms with van der Waals surface area (Å²) in [6.07, 6.45) is 4.36. The molecule has 1 aromatic carbocycles. The number of pyridine rings is 1. The Morgan fingerprint density at radius 2 is 1.95 bits per heavy atom. The van der Waals surface area contributed by atoms with Crippen LogP contribution in [0.1, 0.15) is 34.6 Å². The molecule has 40 heavy (non-hydrogen) atoms. The first kappa shape index (κ1) is 29.6. The van der Waals surface area contributed by atoms with Crippen molar-refractivity contribution in [1.29, 1.82) is 0 Å². The second-order valence-electron chi connectivity index (χ2n) is 9.65. The molecule has 3 heterocycles. The van der Waals surface area contributed by atoms with Crippen molar-refractivity contribution in [2.45, 2.75) is 27.2 Å². The summed E-state index contributed by atoms with van der Waals surface area (Å²) in [5.74, 6) is 1.53. The number of amides is 1. The van der Waals surface area contributed by atoms with Crippen molar-refractivity contribution in [3.05, 3.63) is 58.0 Å². The van der Waals surface area contributed by atoms with Crippen LogP contribution in [0.5, 0.6) is 5.75 Å². The fourth-order valence-corrected chi connectivity index (χ4v) is 5.87. The predicted molar refractivity (Wildman–Crippen MR) is 163 cm³/mol. The van der Waals surface area contributed by atoms with E-state index in [1.165, 1.54) is 16.2 Å². The van der Waals surface area contributed by atoms with Crippen LogP contribution in [-0.4, -0.2) is 61.3 Å². The molecule has 3 aromatic heterocycles. The number of carbonyl (C=O) groups is 1. The number of benzene rings is 1. The number of nitrogens with zero attached hydrogens (tertiary/aromatic N) is 3. The summed E-state index contributed by atoms with van der Waals surface area (Å²) in [6, 6.07) is 7.96. The average Bonchev–Trinajstić information content (AvgIpc) is 3.60. The molecule has 0 saturated carbocycles. The Morgan fingerprint density at radius 3 is 2.65 bits per heavy atom. The number of hydrogen-bond acceptors (Lipinski definition) is 10. The lowest BCUT2D eigenvalue weighted by Gasteiger charge is -2.11. The number of carbonyl (C=O) groups excluding carboxylic acids is 1. The number of rotatable bonds is 14. The van der Waals surface area contributed by atoms with Crippen molar-refractivity contribution in [3.8, 4) is 27.6 Å². The third kappa shape index (κ3) is 7.63. The highest BCUT2D eigenvalue weighted by atomic mass is 32.1. The molecule has 0 fully saturated rings. The van der Waals surface area contributed by atoms with Gasteiger partial charge >= 0.3 is 0 Å². The first-order valence-corrected chi connectivity index (χ1v) is 14.9. The van der Waals surface area contributed by atoms with Crippen molar-refractivity contribution in [2.24, 2.45) is 5.92 Å². The van der Waals surface area contributed by atoms with Gasteiger partial charge in [-0.05, 0) is 56.1 Å². The van der Waals surface area contributed by atoms with Crippen molar-refractivity contribution >= 4 is 39.5 Å². The molecule has 4 rings (SSSR count). The third-order valence-corrected chi connectivity index (χ3v) is 7.80. The topological polar surface area (TPSA) is 110 Å². The van der Waals surface area contributed by atoms with Gasteiger partial charge in [0.1, 0.15) is 23.2 Å². The number of nitrogens with one attached hydrogen (secondary N) is 3. The highest BCUT2D eigenvalue weighted by Gasteiger charge is 2.20. The van der Waals surface area contributed by atoms with Gasteiger partial charge in [0.15, 0.2) is 5.13 Å². The number of methoxy groups -OCH3 is 1. The molecule has 11 heteroatoms. The van der Waals surface area contributed by atoms with Crippen LogP contribution in [-0.2, 0) is 11.2 Å². The number of hydrogen-bond donors (Lipinski definition) is 3. The van der Waals surface area contributed by atoms with Gasteiger partial charge in [0.05, 0.1) is 17.9 Å². The molecule has 212 valence electrons. The lowest BCUT2D eigenvalue weighted by molar-refractivity contribution is 0.0954. The average molecular weight is 581 g/mol. The normalized spacial score (nSPS) is 11.2. The van der Waals surface area contributed by atoms with Crippen LogP contribution in [0, 0.1) is 12.8 Å². The van der Waals surface area contributed by atoms with Gasteiger partial charge in [-0.1, -0.05) is 13.8 Å². The van der Waals surface area contributed by atoms with Gasteiger partial charge < -0.3 is 25.4 Å². The number of aryl methyl sites for hydroxylation is 1. The SMILES string of the molecule is CNCCNC(=O)c1cc(-c2nccs2)cnc1Nc1nc(-c2ccc(OCCOC)c(C)c2)c(CC(C)C)s1. The van der Waals surface area contributed by atoms with E-state index in [2.05, 4.69) is 45.8 Å². The second-order valence-corrected chi connectivity index (χ2v) is 11.6. The summed E-state index contributed by atoms with van der Waals surface area (Å²) in [5.41, 5.74) is 4.22. The van der Waals surface area contributed by atoms with Crippen LogP contribution < -0.4 is 20.7 Å². The number of ether oxygens (including phenoxy) is 2. The fourth-order valence-electron chi connectivity index (χ4n) is 4.05. The standard InChI is InChI=1S/C29H36N6O3S2/c1-18(2)14-24-25(20-6-7-23(19(3)15-20)38-12-11-37-5)34-29(40-24)35-26-22(27(36)31-9-8-30-4)16-21(17-33-26)28-32-10-13-39-28/h6-7,10,13,15-18,30H,8-9,11-12,14H2,1-5H3,(H,31,36)(H,33,34,35). The molecule has 9 nitrogen and oxygen atoms in total.